The van der Waals surface area contributed by atoms with Crippen molar-refractivity contribution < 1.29 is 27.1 Å². The molecule has 1 aliphatic carbocycles. The summed E-state index contributed by atoms with van der Waals surface area (Å²) >= 11 is 9.32. The Kier molecular flexibility index (Phi) is 8.81. The third kappa shape index (κ3) is 7.03. The SMILES string of the molecule is CN(Cc1ccc(Br)cc1Oc1ccc(F)c(Cl)c1)C(=O)C1CCCCC1C(=O)NC1CCS(=O)(=O)C1. The van der Waals surface area contributed by atoms with Gasteiger partial charge in [0.05, 0.1) is 16.5 Å². The van der Waals surface area contributed by atoms with Gasteiger partial charge in [0.25, 0.3) is 0 Å². The zero-order valence-electron chi connectivity index (χ0n) is 20.4. The average Bonchev–Trinajstić information content (AvgIpc) is 3.20. The van der Waals surface area contributed by atoms with Gasteiger partial charge in [-0.15, -0.1) is 0 Å². The number of benzene rings is 2. The predicted molar refractivity (Wildman–Crippen MR) is 143 cm³/mol. The molecule has 0 radical (unpaired) electrons. The van der Waals surface area contributed by atoms with Crippen LogP contribution in [0.3, 0.4) is 0 Å². The number of sulfone groups is 1. The minimum Gasteiger partial charge on any atom is -0.457 e. The maximum atomic E-state index is 13.6. The van der Waals surface area contributed by atoms with Crippen LogP contribution in [0, 0.1) is 17.7 Å². The van der Waals surface area contributed by atoms with Crippen molar-refractivity contribution in [3.05, 3.63) is 57.3 Å². The smallest absolute Gasteiger partial charge is 0.226 e. The molecule has 11 heteroatoms. The Morgan fingerprint density at radius 2 is 1.86 bits per heavy atom. The minimum absolute atomic E-state index is 0.0460. The molecule has 0 aromatic heterocycles. The van der Waals surface area contributed by atoms with E-state index in [9.17, 15) is 22.4 Å². The lowest BCUT2D eigenvalue weighted by Crippen LogP contribution is -2.47. The van der Waals surface area contributed by atoms with Crippen molar-refractivity contribution in [2.45, 2.75) is 44.7 Å². The molecule has 2 aliphatic rings. The van der Waals surface area contributed by atoms with E-state index in [2.05, 4.69) is 21.2 Å². The second kappa shape index (κ2) is 11.7. The highest BCUT2D eigenvalue weighted by Crippen LogP contribution is 2.34. The Morgan fingerprint density at radius 3 is 2.54 bits per heavy atom. The molecule has 1 saturated heterocycles. The lowest BCUT2D eigenvalue weighted by molar-refractivity contribution is -0.143. The first-order valence-corrected chi connectivity index (χ1v) is 15.2. The van der Waals surface area contributed by atoms with Gasteiger partial charge in [-0.05, 0) is 43.5 Å². The van der Waals surface area contributed by atoms with Crippen molar-refractivity contribution in [1.82, 2.24) is 10.2 Å². The van der Waals surface area contributed by atoms with Gasteiger partial charge < -0.3 is 15.0 Å². The highest BCUT2D eigenvalue weighted by Gasteiger charge is 2.39. The van der Waals surface area contributed by atoms with Crippen LogP contribution in [-0.2, 0) is 26.0 Å². The molecule has 2 amide bonds. The Labute approximate surface area is 229 Å². The molecule has 1 N–H and O–H groups in total. The van der Waals surface area contributed by atoms with Gasteiger partial charge in [0, 0.05) is 47.6 Å². The van der Waals surface area contributed by atoms with Crippen LogP contribution in [0.4, 0.5) is 4.39 Å². The van der Waals surface area contributed by atoms with Crippen LogP contribution in [-0.4, -0.2) is 49.7 Å². The normalized spacial score (nSPS) is 22.9. The Hall–Kier alpha value is -2.17. The van der Waals surface area contributed by atoms with Gasteiger partial charge in [-0.2, -0.15) is 0 Å². The molecule has 1 saturated carbocycles. The summed E-state index contributed by atoms with van der Waals surface area (Å²) in [4.78, 5) is 28.2. The molecule has 1 aliphatic heterocycles. The number of hydrogen-bond acceptors (Lipinski definition) is 5. The highest BCUT2D eigenvalue weighted by molar-refractivity contribution is 9.10. The summed E-state index contributed by atoms with van der Waals surface area (Å²) in [5, 5.41) is 2.82. The van der Waals surface area contributed by atoms with Crippen molar-refractivity contribution in [3.8, 4) is 11.5 Å². The molecule has 4 rings (SSSR count). The molecule has 1 heterocycles. The fourth-order valence-corrected chi connectivity index (χ4v) is 7.18. The van der Waals surface area contributed by atoms with E-state index in [0.29, 0.717) is 30.8 Å². The number of carbonyl (C=O) groups excluding carboxylic acids is 2. The summed E-state index contributed by atoms with van der Waals surface area (Å²) < 4.78 is 43.9. The molecule has 3 atom stereocenters. The predicted octanol–water partition coefficient (Wildman–Crippen LogP) is 5.10. The van der Waals surface area contributed by atoms with E-state index >= 15 is 0 Å². The van der Waals surface area contributed by atoms with E-state index in [4.69, 9.17) is 16.3 Å². The van der Waals surface area contributed by atoms with Crippen molar-refractivity contribution in [2.75, 3.05) is 18.6 Å². The summed E-state index contributed by atoms with van der Waals surface area (Å²) in [6, 6.07) is 9.12. The second-order valence-electron chi connectivity index (χ2n) is 9.73. The van der Waals surface area contributed by atoms with Gasteiger partial charge in [0.1, 0.15) is 17.3 Å². The molecule has 37 heavy (non-hydrogen) atoms. The van der Waals surface area contributed by atoms with Crippen LogP contribution in [0.15, 0.2) is 40.9 Å². The number of nitrogens with one attached hydrogen (secondary N) is 1. The Morgan fingerprint density at radius 1 is 1.14 bits per heavy atom. The maximum Gasteiger partial charge on any atom is 0.226 e. The van der Waals surface area contributed by atoms with Gasteiger partial charge in [-0.3, -0.25) is 9.59 Å². The summed E-state index contributed by atoms with van der Waals surface area (Å²) in [7, 11) is -1.42. The maximum absolute atomic E-state index is 13.6. The summed E-state index contributed by atoms with van der Waals surface area (Å²) in [5.74, 6) is -1.02. The molecule has 3 unspecified atom stereocenters. The summed E-state index contributed by atoms with van der Waals surface area (Å²) in [6.07, 6.45) is 3.30. The van der Waals surface area contributed by atoms with Crippen LogP contribution in [0.1, 0.15) is 37.7 Å². The molecular weight excluding hydrogens is 587 g/mol. The lowest BCUT2D eigenvalue weighted by Gasteiger charge is -2.33. The van der Waals surface area contributed by atoms with E-state index in [1.54, 1.807) is 18.0 Å². The number of carbonyl (C=O) groups is 2. The van der Waals surface area contributed by atoms with Crippen LogP contribution >= 0.6 is 27.5 Å². The zero-order valence-corrected chi connectivity index (χ0v) is 23.5. The third-order valence-electron chi connectivity index (χ3n) is 6.93. The van der Waals surface area contributed by atoms with Gasteiger partial charge in [-0.1, -0.05) is 46.4 Å². The van der Waals surface area contributed by atoms with Crippen LogP contribution < -0.4 is 10.1 Å². The van der Waals surface area contributed by atoms with Gasteiger partial charge in [0.15, 0.2) is 9.84 Å². The topological polar surface area (TPSA) is 92.8 Å². The molecule has 7 nitrogen and oxygen atoms in total. The van der Waals surface area contributed by atoms with E-state index < -0.39 is 33.5 Å². The largest absolute Gasteiger partial charge is 0.457 e. The monoisotopic (exact) mass is 614 g/mol. The van der Waals surface area contributed by atoms with Crippen molar-refractivity contribution >= 4 is 49.2 Å². The standard InChI is InChI=1S/C26H29BrClFN2O5S/c1-31(14-16-6-7-17(27)12-24(16)36-19-8-9-23(29)22(28)13-19)26(33)21-5-3-2-4-20(21)25(32)30-18-10-11-37(34,35)15-18/h6-9,12-13,18,20-21H,2-5,10-11,14-15H2,1H3,(H,30,32). The number of rotatable bonds is 7. The Bertz CT molecular complexity index is 1290. The summed E-state index contributed by atoms with van der Waals surface area (Å²) in [5.41, 5.74) is 0.729. The van der Waals surface area contributed by atoms with Crippen LogP contribution in [0.5, 0.6) is 11.5 Å². The van der Waals surface area contributed by atoms with Crippen molar-refractivity contribution in [1.29, 1.82) is 0 Å². The quantitative estimate of drug-likeness (QED) is 0.468. The number of nitrogens with zero attached hydrogens (tertiary/aromatic N) is 1. The molecule has 0 spiro atoms. The number of hydrogen-bond donors (Lipinski definition) is 1. The van der Waals surface area contributed by atoms with E-state index in [-0.39, 0.29) is 34.9 Å². The lowest BCUT2D eigenvalue weighted by atomic mass is 9.77. The first-order chi connectivity index (χ1) is 17.5. The molecule has 0 bridgehead atoms. The van der Waals surface area contributed by atoms with Gasteiger partial charge >= 0.3 is 0 Å². The second-order valence-corrected chi connectivity index (χ2v) is 13.3. The number of amides is 2. The van der Waals surface area contributed by atoms with E-state index in [1.165, 1.54) is 18.2 Å². The molecule has 2 fully saturated rings. The van der Waals surface area contributed by atoms with Crippen molar-refractivity contribution in [3.63, 3.8) is 0 Å². The van der Waals surface area contributed by atoms with Gasteiger partial charge in [-0.25, -0.2) is 12.8 Å². The Balaban J connectivity index is 1.46. The summed E-state index contributed by atoms with van der Waals surface area (Å²) in [6.45, 7) is 0.238. The fourth-order valence-electron chi connectivity index (χ4n) is 5.00. The van der Waals surface area contributed by atoms with E-state index in [1.807, 2.05) is 12.1 Å². The minimum atomic E-state index is -3.12. The van der Waals surface area contributed by atoms with Crippen molar-refractivity contribution in [2.24, 2.45) is 11.8 Å². The first kappa shape index (κ1) is 27.9. The van der Waals surface area contributed by atoms with Gasteiger partial charge in [0.2, 0.25) is 11.8 Å². The zero-order chi connectivity index (χ0) is 26.7. The molecule has 2 aromatic rings. The van der Waals surface area contributed by atoms with Crippen LogP contribution in [0.25, 0.3) is 0 Å². The number of halogens is 3. The number of ether oxygens (including phenoxy) is 1. The first-order valence-electron chi connectivity index (χ1n) is 12.2. The molecule has 200 valence electrons. The van der Waals surface area contributed by atoms with Crippen LogP contribution in [0.2, 0.25) is 5.02 Å². The molecular formula is C26H29BrClFN2O5S. The average molecular weight is 616 g/mol. The molecule has 2 aromatic carbocycles. The fraction of sp³-hybridized carbons (Fsp3) is 0.462. The van der Waals surface area contributed by atoms with E-state index in [0.717, 1.165) is 22.9 Å². The third-order valence-corrected chi connectivity index (χ3v) is 9.48. The highest BCUT2D eigenvalue weighted by atomic mass is 79.9.